The molecule has 0 aromatic rings. The fourth-order valence-corrected chi connectivity index (χ4v) is 4.72. The Morgan fingerprint density at radius 3 is 2.10 bits per heavy atom. The van der Waals surface area contributed by atoms with Crippen molar-refractivity contribution < 1.29 is 22.6 Å². The van der Waals surface area contributed by atoms with Crippen molar-refractivity contribution in [3.63, 3.8) is 0 Å². The molecule has 0 aromatic carbocycles. The SMILES string of the molecule is CC(=O)N(C)C.CC1(C)C2CCC1(CS(=O)(=O)O)C(=O)C2. The van der Waals surface area contributed by atoms with Gasteiger partial charge in [-0.25, -0.2) is 0 Å². The standard InChI is InChI=1S/C10H16O4S.C4H9NO/c1-9(2)7-3-4-10(9,8(11)5-7)6-15(12,13)14;1-4(6)5(2)3/h7H,3-6H2,1-2H3,(H,12,13,14);1-3H3. The Morgan fingerprint density at radius 1 is 1.38 bits per heavy atom. The van der Waals surface area contributed by atoms with E-state index in [1.807, 2.05) is 13.8 Å². The van der Waals surface area contributed by atoms with E-state index in [2.05, 4.69) is 0 Å². The summed E-state index contributed by atoms with van der Waals surface area (Å²) in [5.41, 5.74) is -1.12. The molecule has 0 heterocycles. The lowest BCUT2D eigenvalue weighted by molar-refractivity contribution is -0.128. The summed E-state index contributed by atoms with van der Waals surface area (Å²) in [7, 11) is -0.627. The van der Waals surface area contributed by atoms with E-state index < -0.39 is 21.3 Å². The van der Waals surface area contributed by atoms with E-state index in [1.165, 1.54) is 11.8 Å². The summed E-state index contributed by atoms with van der Waals surface area (Å²) >= 11 is 0. The Morgan fingerprint density at radius 2 is 1.86 bits per heavy atom. The number of hydrogen-bond donors (Lipinski definition) is 1. The van der Waals surface area contributed by atoms with Crippen LogP contribution in [-0.4, -0.2) is 49.4 Å². The molecule has 2 aliphatic rings. The molecule has 2 rings (SSSR count). The molecule has 21 heavy (non-hydrogen) atoms. The molecule has 0 spiro atoms. The number of rotatable bonds is 2. The summed E-state index contributed by atoms with van der Waals surface area (Å²) in [6.45, 7) is 5.42. The van der Waals surface area contributed by atoms with Gasteiger partial charge in [0.15, 0.2) is 0 Å². The quantitative estimate of drug-likeness (QED) is 0.776. The molecule has 0 saturated heterocycles. The Hall–Kier alpha value is -0.950. The molecule has 2 unspecified atom stereocenters. The fourth-order valence-electron chi connectivity index (χ4n) is 3.42. The molecule has 0 aliphatic heterocycles. The van der Waals surface area contributed by atoms with Crippen molar-refractivity contribution >= 4 is 21.8 Å². The highest BCUT2D eigenvalue weighted by molar-refractivity contribution is 7.85. The highest BCUT2D eigenvalue weighted by Gasteiger charge is 2.65. The monoisotopic (exact) mass is 319 g/mol. The molecule has 0 aromatic heterocycles. The fraction of sp³-hybridized carbons (Fsp3) is 0.857. The molecule has 2 aliphatic carbocycles. The summed E-state index contributed by atoms with van der Waals surface area (Å²) in [6.07, 6.45) is 1.97. The number of ketones is 1. The van der Waals surface area contributed by atoms with E-state index in [9.17, 15) is 18.0 Å². The van der Waals surface area contributed by atoms with Crippen molar-refractivity contribution in [3.05, 3.63) is 0 Å². The van der Waals surface area contributed by atoms with Crippen LogP contribution < -0.4 is 0 Å². The summed E-state index contributed by atoms with van der Waals surface area (Å²) in [5.74, 6) is -0.00868. The second kappa shape index (κ2) is 5.68. The maximum atomic E-state index is 11.9. The number of carbonyl (C=O) groups excluding carboxylic acids is 2. The molecule has 1 N–H and O–H groups in total. The summed E-state index contributed by atoms with van der Waals surface area (Å²) in [6, 6.07) is 0. The van der Waals surface area contributed by atoms with Crippen LogP contribution >= 0.6 is 0 Å². The zero-order valence-corrected chi connectivity index (χ0v) is 14.2. The van der Waals surface area contributed by atoms with Crippen molar-refractivity contribution in [2.75, 3.05) is 19.8 Å². The Labute approximate surface area is 126 Å². The van der Waals surface area contributed by atoms with Gasteiger partial charge in [0.2, 0.25) is 5.91 Å². The van der Waals surface area contributed by atoms with E-state index in [-0.39, 0.29) is 23.0 Å². The van der Waals surface area contributed by atoms with Gasteiger partial charge in [0, 0.05) is 27.4 Å². The van der Waals surface area contributed by atoms with Gasteiger partial charge in [-0.1, -0.05) is 13.8 Å². The van der Waals surface area contributed by atoms with E-state index in [1.54, 1.807) is 14.1 Å². The van der Waals surface area contributed by atoms with Gasteiger partial charge in [0.05, 0.1) is 11.2 Å². The number of hydrogen-bond acceptors (Lipinski definition) is 4. The van der Waals surface area contributed by atoms with E-state index >= 15 is 0 Å². The number of carbonyl (C=O) groups is 2. The topological polar surface area (TPSA) is 91.8 Å². The average Bonchev–Trinajstić information content (AvgIpc) is 2.61. The lowest BCUT2D eigenvalue weighted by atomic mass is 9.70. The van der Waals surface area contributed by atoms with Gasteiger partial charge >= 0.3 is 0 Å². The first kappa shape index (κ1) is 18.1. The van der Waals surface area contributed by atoms with E-state index in [4.69, 9.17) is 4.55 Å². The van der Waals surface area contributed by atoms with Crippen LogP contribution in [0.3, 0.4) is 0 Å². The van der Waals surface area contributed by atoms with Crippen LogP contribution in [0, 0.1) is 16.7 Å². The molecule has 2 saturated carbocycles. The Balaban J connectivity index is 0.000000315. The minimum atomic E-state index is -4.08. The summed E-state index contributed by atoms with van der Waals surface area (Å²) in [5, 5.41) is 0. The molecule has 6 nitrogen and oxygen atoms in total. The van der Waals surface area contributed by atoms with Gasteiger partial charge in [0.25, 0.3) is 10.1 Å². The zero-order valence-electron chi connectivity index (χ0n) is 13.3. The Bertz CT molecular complexity index is 538. The lowest BCUT2D eigenvalue weighted by Crippen LogP contribution is -2.42. The lowest BCUT2D eigenvalue weighted by Gasteiger charge is -2.35. The van der Waals surface area contributed by atoms with E-state index in [0.717, 1.165) is 6.42 Å². The predicted octanol–water partition coefficient (Wildman–Crippen LogP) is 1.36. The second-order valence-corrected chi connectivity index (χ2v) is 8.26. The van der Waals surface area contributed by atoms with Crippen molar-refractivity contribution in [2.24, 2.45) is 16.7 Å². The van der Waals surface area contributed by atoms with Crippen LogP contribution in [-0.2, 0) is 19.7 Å². The largest absolute Gasteiger partial charge is 0.349 e. The molecular formula is C14H25NO5S. The second-order valence-electron chi connectivity index (χ2n) is 6.81. The molecule has 7 heteroatoms. The maximum Gasteiger partial charge on any atom is 0.265 e. The van der Waals surface area contributed by atoms with Crippen LogP contribution in [0.25, 0.3) is 0 Å². The minimum Gasteiger partial charge on any atom is -0.349 e. The molecule has 122 valence electrons. The van der Waals surface area contributed by atoms with Crippen molar-refractivity contribution in [1.82, 2.24) is 4.90 Å². The Kier molecular flexibility index (Phi) is 4.90. The van der Waals surface area contributed by atoms with Gasteiger partial charge in [-0.05, 0) is 24.2 Å². The van der Waals surface area contributed by atoms with Crippen molar-refractivity contribution in [1.29, 1.82) is 0 Å². The molecule has 1 amide bonds. The number of fused-ring (bicyclic) bond motifs is 2. The van der Waals surface area contributed by atoms with Crippen LogP contribution in [0.4, 0.5) is 0 Å². The molecule has 2 bridgehead atoms. The average molecular weight is 319 g/mol. The number of nitrogens with zero attached hydrogens (tertiary/aromatic N) is 1. The molecule has 2 atom stereocenters. The highest BCUT2D eigenvalue weighted by atomic mass is 32.2. The molecule has 2 fully saturated rings. The van der Waals surface area contributed by atoms with Crippen LogP contribution in [0.1, 0.15) is 40.0 Å². The van der Waals surface area contributed by atoms with Crippen LogP contribution in [0.2, 0.25) is 0 Å². The van der Waals surface area contributed by atoms with Crippen LogP contribution in [0.15, 0.2) is 0 Å². The smallest absolute Gasteiger partial charge is 0.265 e. The number of Topliss-reactive ketones (excluding diaryl/α,β-unsaturated/α-hetero) is 1. The maximum absolute atomic E-state index is 11.9. The number of amides is 1. The van der Waals surface area contributed by atoms with Crippen molar-refractivity contribution in [2.45, 2.75) is 40.0 Å². The third-order valence-corrected chi connectivity index (χ3v) is 6.06. The van der Waals surface area contributed by atoms with Gasteiger partial charge < -0.3 is 4.90 Å². The predicted molar refractivity (Wildman–Crippen MR) is 79.3 cm³/mol. The first-order valence-electron chi connectivity index (χ1n) is 7.00. The van der Waals surface area contributed by atoms with E-state index in [0.29, 0.717) is 12.8 Å². The van der Waals surface area contributed by atoms with Crippen molar-refractivity contribution in [3.8, 4) is 0 Å². The first-order valence-corrected chi connectivity index (χ1v) is 8.61. The van der Waals surface area contributed by atoms with Gasteiger partial charge in [0.1, 0.15) is 5.78 Å². The first-order chi connectivity index (χ1) is 9.33. The molecule has 0 radical (unpaired) electrons. The zero-order chi connectivity index (χ0) is 16.6. The third kappa shape index (κ3) is 3.45. The highest BCUT2D eigenvalue weighted by Crippen LogP contribution is 2.64. The minimum absolute atomic E-state index is 0.0152. The summed E-state index contributed by atoms with van der Waals surface area (Å²) in [4.78, 5) is 23.5. The third-order valence-electron chi connectivity index (χ3n) is 5.20. The van der Waals surface area contributed by atoms with Crippen LogP contribution in [0.5, 0.6) is 0 Å². The summed E-state index contributed by atoms with van der Waals surface area (Å²) < 4.78 is 31.0. The van der Waals surface area contributed by atoms with Gasteiger partial charge in [-0.3, -0.25) is 14.1 Å². The van der Waals surface area contributed by atoms with Gasteiger partial charge in [-0.15, -0.1) is 0 Å². The molecular weight excluding hydrogens is 294 g/mol. The van der Waals surface area contributed by atoms with Gasteiger partial charge in [-0.2, -0.15) is 8.42 Å². The normalized spacial score (nSPS) is 29.8.